The molecule has 0 aromatic heterocycles. The van der Waals surface area contributed by atoms with Crippen molar-refractivity contribution in [3.8, 4) is 0 Å². The Bertz CT molecular complexity index is 466. The maximum Gasteiger partial charge on any atom is 0.343 e. The highest BCUT2D eigenvalue weighted by atomic mass is 31.2. The first kappa shape index (κ1) is 17.6. The molecule has 0 heterocycles. The van der Waals surface area contributed by atoms with Crippen molar-refractivity contribution in [3.05, 3.63) is 0 Å². The molecule has 0 fully saturated rings. The maximum atomic E-state index is 11.4. The average molecular weight is 298 g/mol. The van der Waals surface area contributed by atoms with Crippen LogP contribution < -0.4 is 0 Å². The predicted molar refractivity (Wildman–Crippen MR) is 60.6 cm³/mol. The summed E-state index contributed by atoms with van der Waals surface area (Å²) in [7, 11) is -5.46. The average Bonchev–Trinajstić information content (AvgIpc) is 2.23. The lowest BCUT2D eigenvalue weighted by Gasteiger charge is -2.42. The standard InChI is InChI=1S/C9H15O9P/c1-4(5(10)11)8(2,6(12)13)9(3,7(14)15)19(16,17)18/h4H,1-3H3,(H,10,11)(H,12,13)(H,14,15)(H2,16,17,18). The van der Waals surface area contributed by atoms with Crippen molar-refractivity contribution in [1.82, 2.24) is 0 Å². The molecule has 0 bridgehead atoms. The quantitative estimate of drug-likeness (QED) is 0.417. The van der Waals surface area contributed by atoms with Gasteiger partial charge in [0.15, 0.2) is 5.16 Å². The van der Waals surface area contributed by atoms with Crippen LogP contribution in [0.5, 0.6) is 0 Å². The van der Waals surface area contributed by atoms with Gasteiger partial charge < -0.3 is 25.1 Å². The Kier molecular flexibility index (Phi) is 4.54. The minimum absolute atomic E-state index is 0.531. The highest BCUT2D eigenvalue weighted by Crippen LogP contribution is 2.61. The van der Waals surface area contributed by atoms with E-state index in [1.165, 1.54) is 0 Å². The topological polar surface area (TPSA) is 169 Å². The Hall–Kier alpha value is -1.44. The third-order valence-electron chi connectivity index (χ3n) is 3.69. The van der Waals surface area contributed by atoms with E-state index in [9.17, 15) is 28.7 Å². The molecule has 0 aromatic rings. The molecule has 3 unspecified atom stereocenters. The molecular formula is C9H15O9P. The molecule has 110 valence electrons. The Morgan fingerprint density at radius 2 is 1.37 bits per heavy atom. The molecule has 0 spiro atoms. The van der Waals surface area contributed by atoms with Gasteiger partial charge in [0.05, 0.1) is 5.92 Å². The predicted octanol–water partition coefficient (Wildman–Crippen LogP) is -0.181. The number of aliphatic carboxylic acids is 3. The second kappa shape index (κ2) is 4.92. The van der Waals surface area contributed by atoms with Crippen LogP contribution in [-0.4, -0.2) is 48.2 Å². The molecule has 0 aliphatic carbocycles. The lowest BCUT2D eigenvalue weighted by molar-refractivity contribution is -0.169. The molecule has 3 atom stereocenters. The first-order chi connectivity index (χ1) is 8.24. The molecule has 0 radical (unpaired) electrons. The van der Waals surface area contributed by atoms with Crippen molar-refractivity contribution in [2.24, 2.45) is 11.3 Å². The minimum Gasteiger partial charge on any atom is -0.481 e. The van der Waals surface area contributed by atoms with Crippen LogP contribution in [0.1, 0.15) is 20.8 Å². The molecular weight excluding hydrogens is 283 g/mol. The Morgan fingerprint density at radius 3 is 1.53 bits per heavy atom. The summed E-state index contributed by atoms with van der Waals surface area (Å²) >= 11 is 0. The molecule has 0 aromatic carbocycles. The highest BCUT2D eigenvalue weighted by Gasteiger charge is 2.68. The van der Waals surface area contributed by atoms with E-state index in [2.05, 4.69) is 0 Å². The maximum absolute atomic E-state index is 11.4. The number of carboxylic acids is 3. The molecule has 0 rings (SSSR count). The first-order valence-electron chi connectivity index (χ1n) is 4.99. The number of carboxylic acid groups (broad SMARTS) is 3. The second-order valence-corrected chi connectivity index (χ2v) is 6.47. The van der Waals surface area contributed by atoms with Crippen molar-refractivity contribution in [2.45, 2.75) is 25.9 Å². The summed E-state index contributed by atoms with van der Waals surface area (Å²) in [5.74, 6) is -7.51. The molecule has 10 heteroatoms. The van der Waals surface area contributed by atoms with Crippen molar-refractivity contribution >= 4 is 25.5 Å². The van der Waals surface area contributed by atoms with Crippen LogP contribution in [0.4, 0.5) is 0 Å². The van der Waals surface area contributed by atoms with E-state index in [1.54, 1.807) is 0 Å². The molecule has 0 saturated heterocycles. The normalized spacial score (nSPS) is 19.8. The van der Waals surface area contributed by atoms with Crippen LogP contribution in [0, 0.1) is 11.3 Å². The third kappa shape index (κ3) is 2.36. The van der Waals surface area contributed by atoms with E-state index in [0.29, 0.717) is 13.8 Å². The molecule has 0 aliphatic heterocycles. The van der Waals surface area contributed by atoms with Gasteiger partial charge >= 0.3 is 25.5 Å². The van der Waals surface area contributed by atoms with E-state index in [1.807, 2.05) is 0 Å². The van der Waals surface area contributed by atoms with Crippen LogP contribution in [0.2, 0.25) is 0 Å². The fourth-order valence-electron chi connectivity index (χ4n) is 1.71. The number of hydrogen-bond donors (Lipinski definition) is 5. The molecule has 19 heavy (non-hydrogen) atoms. The van der Waals surface area contributed by atoms with Gasteiger partial charge in [-0.1, -0.05) is 6.92 Å². The van der Waals surface area contributed by atoms with Crippen molar-refractivity contribution in [2.75, 3.05) is 0 Å². The summed E-state index contributed by atoms with van der Waals surface area (Å²) in [5.41, 5.74) is -2.70. The third-order valence-corrected chi connectivity index (χ3v) is 5.51. The van der Waals surface area contributed by atoms with Crippen LogP contribution in [0.3, 0.4) is 0 Å². The van der Waals surface area contributed by atoms with Crippen LogP contribution in [-0.2, 0) is 18.9 Å². The molecule has 5 N–H and O–H groups in total. The van der Waals surface area contributed by atoms with Gasteiger partial charge in [-0.25, -0.2) is 0 Å². The highest BCUT2D eigenvalue weighted by molar-refractivity contribution is 7.54. The van der Waals surface area contributed by atoms with E-state index in [4.69, 9.17) is 15.3 Å². The number of hydrogen-bond acceptors (Lipinski definition) is 4. The summed E-state index contributed by atoms with van der Waals surface area (Å²) in [4.78, 5) is 51.8. The van der Waals surface area contributed by atoms with E-state index >= 15 is 0 Å². The lowest BCUT2D eigenvalue weighted by atomic mass is 9.68. The van der Waals surface area contributed by atoms with Crippen molar-refractivity contribution in [1.29, 1.82) is 0 Å². The van der Waals surface area contributed by atoms with Crippen LogP contribution >= 0.6 is 7.60 Å². The van der Waals surface area contributed by atoms with Gasteiger partial charge in [-0.15, -0.1) is 0 Å². The Labute approximate surface area is 108 Å². The molecule has 0 amide bonds. The Morgan fingerprint density at radius 1 is 1.00 bits per heavy atom. The van der Waals surface area contributed by atoms with Crippen molar-refractivity contribution in [3.63, 3.8) is 0 Å². The van der Waals surface area contributed by atoms with Gasteiger partial charge in [-0.2, -0.15) is 0 Å². The van der Waals surface area contributed by atoms with Crippen LogP contribution in [0.25, 0.3) is 0 Å². The van der Waals surface area contributed by atoms with Gasteiger partial charge in [0, 0.05) is 0 Å². The number of carbonyl (C=O) groups is 3. The minimum atomic E-state index is -5.46. The molecule has 9 nitrogen and oxygen atoms in total. The van der Waals surface area contributed by atoms with Gasteiger partial charge in [0.25, 0.3) is 0 Å². The first-order valence-corrected chi connectivity index (χ1v) is 6.61. The molecule has 0 saturated carbocycles. The summed E-state index contributed by atoms with van der Waals surface area (Å²) < 4.78 is 11.4. The van der Waals surface area contributed by atoms with Gasteiger partial charge in [-0.05, 0) is 13.8 Å². The fourth-order valence-corrected chi connectivity index (χ4v) is 2.85. The zero-order chi connectivity index (χ0) is 15.8. The second-order valence-electron chi connectivity index (χ2n) is 4.49. The monoisotopic (exact) mass is 298 g/mol. The Balaban J connectivity index is 6.44. The van der Waals surface area contributed by atoms with Crippen LogP contribution in [0.15, 0.2) is 0 Å². The van der Waals surface area contributed by atoms with Crippen molar-refractivity contribution < 1.29 is 44.1 Å². The van der Waals surface area contributed by atoms with E-state index in [-0.39, 0.29) is 0 Å². The van der Waals surface area contributed by atoms with E-state index in [0.717, 1.165) is 6.92 Å². The molecule has 0 aliphatic rings. The summed E-state index contributed by atoms with van der Waals surface area (Å²) in [6, 6.07) is 0. The largest absolute Gasteiger partial charge is 0.481 e. The number of rotatable bonds is 6. The van der Waals surface area contributed by atoms with Gasteiger partial charge in [0.2, 0.25) is 0 Å². The summed E-state index contributed by atoms with van der Waals surface area (Å²) in [5, 5.41) is 24.0. The van der Waals surface area contributed by atoms with Gasteiger partial charge in [-0.3, -0.25) is 18.9 Å². The lowest BCUT2D eigenvalue weighted by Crippen LogP contribution is -2.59. The fraction of sp³-hybridized carbons (Fsp3) is 0.667. The zero-order valence-electron chi connectivity index (χ0n) is 10.4. The smallest absolute Gasteiger partial charge is 0.343 e. The SMILES string of the molecule is CC(C(=O)O)C(C)(C(=O)O)C(C)(C(=O)O)P(=O)(O)O. The summed E-state index contributed by atoms with van der Waals surface area (Å²) in [6.07, 6.45) is 0. The zero-order valence-corrected chi connectivity index (χ0v) is 11.3. The van der Waals surface area contributed by atoms with Gasteiger partial charge in [0.1, 0.15) is 5.41 Å². The summed E-state index contributed by atoms with van der Waals surface area (Å²) in [6.45, 7) is 2.11. The van der Waals surface area contributed by atoms with E-state index < -0.39 is 42.0 Å².